The highest BCUT2D eigenvalue weighted by Crippen LogP contribution is 2.43. The molecule has 2 N–H and O–H groups in total. The summed E-state index contributed by atoms with van der Waals surface area (Å²) in [5.41, 5.74) is -1.07. The number of benzene rings is 1. The van der Waals surface area contributed by atoms with Gasteiger partial charge in [-0.1, -0.05) is 6.07 Å². The number of esters is 1. The first-order valence-corrected chi connectivity index (χ1v) is 15.4. The lowest BCUT2D eigenvalue weighted by molar-refractivity contribution is -0.156. The van der Waals surface area contributed by atoms with Crippen molar-refractivity contribution in [2.24, 2.45) is 10.4 Å². The minimum Gasteiger partial charge on any atom is -0.481 e. The zero-order valence-electron chi connectivity index (χ0n) is 25.8. The first-order valence-electron chi connectivity index (χ1n) is 14.5. The molecule has 1 aromatic carbocycles. The van der Waals surface area contributed by atoms with Crippen LogP contribution >= 0.6 is 11.3 Å². The predicted molar refractivity (Wildman–Crippen MR) is 159 cm³/mol. The number of thiazole rings is 1. The highest BCUT2D eigenvalue weighted by molar-refractivity contribution is 7.11. The zero-order valence-corrected chi connectivity index (χ0v) is 26.6. The van der Waals surface area contributed by atoms with Crippen molar-refractivity contribution in [2.75, 3.05) is 33.3 Å². The average Bonchev–Trinajstić information content (AvgIpc) is 3.72. The number of carbonyl (C=O) groups is 3. The van der Waals surface area contributed by atoms with E-state index in [-0.39, 0.29) is 54.3 Å². The topological polar surface area (TPSA) is 128 Å². The van der Waals surface area contributed by atoms with E-state index in [0.29, 0.717) is 5.01 Å². The zero-order chi connectivity index (χ0) is 33.7. The SMILES string of the molecule is COC(=O)C1=C(CN2CC(F)(F)[C@H]3[C@@H]2CN(C(C)=O)N3CCC(C)(C)C(=O)O)NC(c2nccs2)=NC1c1ccc(F)c(F)c1C. The third-order valence-electron chi connectivity index (χ3n) is 8.78. The second-order valence-electron chi connectivity index (χ2n) is 12.2. The maximum atomic E-state index is 15.9. The van der Waals surface area contributed by atoms with Crippen molar-refractivity contribution >= 4 is 35.0 Å². The summed E-state index contributed by atoms with van der Waals surface area (Å²) in [6.45, 7) is 4.41. The van der Waals surface area contributed by atoms with Crippen molar-refractivity contribution in [2.45, 2.75) is 58.2 Å². The van der Waals surface area contributed by atoms with Gasteiger partial charge in [0.2, 0.25) is 5.91 Å². The quantitative estimate of drug-likeness (QED) is 0.305. The molecule has 5 rings (SSSR count). The van der Waals surface area contributed by atoms with E-state index in [1.54, 1.807) is 5.38 Å². The van der Waals surface area contributed by atoms with Crippen LogP contribution in [0.15, 0.2) is 40.0 Å². The number of ether oxygens (including phenoxy) is 1. The fourth-order valence-corrected chi connectivity index (χ4v) is 6.77. The first-order chi connectivity index (χ1) is 21.6. The minimum absolute atomic E-state index is 0.00745. The summed E-state index contributed by atoms with van der Waals surface area (Å²) in [7, 11) is 1.14. The number of aromatic nitrogens is 1. The Morgan fingerprint density at radius 2 is 1.96 bits per heavy atom. The summed E-state index contributed by atoms with van der Waals surface area (Å²) < 4.78 is 65.7. The van der Waals surface area contributed by atoms with Crippen LogP contribution in [-0.4, -0.2) is 100.0 Å². The number of fused-ring (bicyclic) bond motifs is 1. The summed E-state index contributed by atoms with van der Waals surface area (Å²) in [5, 5.41) is 17.2. The Hall–Kier alpha value is -3.89. The lowest BCUT2D eigenvalue weighted by atomic mass is 9.89. The Morgan fingerprint density at radius 1 is 1.24 bits per heavy atom. The Bertz CT molecular complexity index is 1610. The number of halogens is 4. The predicted octanol–water partition coefficient (Wildman–Crippen LogP) is 3.52. The lowest BCUT2D eigenvalue weighted by Crippen LogP contribution is -2.52. The summed E-state index contributed by atoms with van der Waals surface area (Å²) in [6, 6.07) is -1.31. The number of carboxylic acid groups (broad SMARTS) is 1. The summed E-state index contributed by atoms with van der Waals surface area (Å²) in [5.74, 6) is -7.75. The fraction of sp³-hybridized carbons (Fsp3) is 0.500. The lowest BCUT2D eigenvalue weighted by Gasteiger charge is -2.35. The monoisotopic (exact) mass is 666 g/mol. The number of amides is 1. The number of rotatable bonds is 9. The van der Waals surface area contributed by atoms with Crippen molar-refractivity contribution in [3.63, 3.8) is 0 Å². The summed E-state index contributed by atoms with van der Waals surface area (Å²) in [4.78, 5) is 48.0. The molecule has 3 aliphatic rings. The number of hydrazine groups is 1. The van der Waals surface area contributed by atoms with E-state index >= 15 is 8.78 Å². The first kappa shape index (κ1) is 33.5. The molecule has 0 spiro atoms. The van der Waals surface area contributed by atoms with E-state index in [0.717, 1.165) is 13.2 Å². The van der Waals surface area contributed by atoms with Crippen LogP contribution in [0.25, 0.3) is 0 Å². The van der Waals surface area contributed by atoms with Crippen LogP contribution in [-0.2, 0) is 19.1 Å². The van der Waals surface area contributed by atoms with Crippen LogP contribution in [0.3, 0.4) is 0 Å². The fourth-order valence-electron chi connectivity index (χ4n) is 6.18. The van der Waals surface area contributed by atoms with Crippen molar-refractivity contribution in [1.29, 1.82) is 0 Å². The van der Waals surface area contributed by atoms with Gasteiger partial charge in [0.05, 0.1) is 37.2 Å². The molecule has 46 heavy (non-hydrogen) atoms. The van der Waals surface area contributed by atoms with Crippen molar-refractivity contribution < 1.29 is 41.8 Å². The molecule has 11 nitrogen and oxygen atoms in total. The van der Waals surface area contributed by atoms with Gasteiger partial charge in [-0.05, 0) is 44.4 Å². The number of amidine groups is 1. The highest BCUT2D eigenvalue weighted by Gasteiger charge is 2.62. The van der Waals surface area contributed by atoms with E-state index < -0.39 is 65.5 Å². The van der Waals surface area contributed by atoms with Gasteiger partial charge in [0.25, 0.3) is 5.92 Å². The number of aliphatic imine (C=N–C) groups is 1. The van der Waals surface area contributed by atoms with E-state index in [4.69, 9.17) is 4.74 Å². The summed E-state index contributed by atoms with van der Waals surface area (Å²) >= 11 is 1.22. The van der Waals surface area contributed by atoms with E-state index in [1.807, 2.05) is 0 Å². The standard InChI is InChI=1S/C30H34F4N6O5S/c1-15-17(6-7-18(31)22(15)32)23-21(27(42)45-5)19(36-25(37-23)26-35-9-11-46-26)12-38-14-30(33,34)24-20(38)13-40(16(2)41)39(24)10-8-29(3,4)28(43)44/h6-7,9,11,20,23-24H,8,10,12-14H2,1-5H3,(H,36,37)(H,43,44)/t20-,23?,24+/m0/s1. The highest BCUT2D eigenvalue weighted by atomic mass is 32.1. The Labute approximate surface area is 266 Å². The van der Waals surface area contributed by atoms with Crippen LogP contribution in [0.1, 0.15) is 49.4 Å². The third-order valence-corrected chi connectivity index (χ3v) is 9.56. The molecule has 4 heterocycles. The van der Waals surface area contributed by atoms with Gasteiger partial charge in [-0.15, -0.1) is 11.3 Å². The number of likely N-dealkylation sites (tertiary alicyclic amines) is 1. The number of methoxy groups -OCH3 is 1. The van der Waals surface area contributed by atoms with Crippen LogP contribution in [0.5, 0.6) is 0 Å². The molecule has 1 aromatic heterocycles. The molecule has 2 fully saturated rings. The number of hydrogen-bond acceptors (Lipinski definition) is 10. The van der Waals surface area contributed by atoms with Gasteiger partial charge < -0.3 is 15.2 Å². The molecule has 0 saturated carbocycles. The molecule has 2 saturated heterocycles. The van der Waals surface area contributed by atoms with Crippen molar-refractivity contribution in [3.8, 4) is 0 Å². The third kappa shape index (κ3) is 6.00. The Morgan fingerprint density at radius 3 is 2.57 bits per heavy atom. The van der Waals surface area contributed by atoms with E-state index in [1.165, 1.54) is 66.2 Å². The second-order valence-corrected chi connectivity index (χ2v) is 13.1. The smallest absolute Gasteiger partial charge is 0.338 e. The number of nitrogens with one attached hydrogen (secondary N) is 1. The van der Waals surface area contributed by atoms with Gasteiger partial charge in [-0.3, -0.25) is 24.5 Å². The molecule has 248 valence electrons. The van der Waals surface area contributed by atoms with Crippen LogP contribution in [0.2, 0.25) is 0 Å². The summed E-state index contributed by atoms with van der Waals surface area (Å²) in [6.07, 6.45) is 1.54. The van der Waals surface area contributed by atoms with Crippen LogP contribution in [0.4, 0.5) is 17.6 Å². The van der Waals surface area contributed by atoms with Gasteiger partial charge in [-0.2, -0.15) is 0 Å². The van der Waals surface area contributed by atoms with Crippen molar-refractivity contribution in [1.82, 2.24) is 25.2 Å². The number of alkyl halides is 2. The molecule has 2 aromatic rings. The normalized spacial score (nSPS) is 23.3. The van der Waals surface area contributed by atoms with Crippen LogP contribution < -0.4 is 5.32 Å². The van der Waals surface area contributed by atoms with Gasteiger partial charge >= 0.3 is 11.9 Å². The molecule has 0 bridgehead atoms. The maximum absolute atomic E-state index is 15.9. The van der Waals surface area contributed by atoms with E-state index in [2.05, 4.69) is 15.3 Å². The number of aliphatic carboxylic acids is 1. The minimum atomic E-state index is -3.33. The molecule has 0 aliphatic carbocycles. The van der Waals surface area contributed by atoms with Gasteiger partial charge in [-0.25, -0.2) is 32.3 Å². The molecule has 1 unspecified atom stereocenters. The molecule has 3 aliphatic heterocycles. The molecule has 3 atom stereocenters. The van der Waals surface area contributed by atoms with Crippen molar-refractivity contribution in [3.05, 3.63) is 62.7 Å². The maximum Gasteiger partial charge on any atom is 0.338 e. The molecule has 0 radical (unpaired) electrons. The second kappa shape index (κ2) is 12.4. The molecular formula is C30H34F4N6O5S. The Kier molecular flexibility index (Phi) is 9.00. The van der Waals surface area contributed by atoms with Gasteiger partial charge in [0.1, 0.15) is 12.1 Å². The average molecular weight is 667 g/mol. The Balaban J connectivity index is 1.56. The van der Waals surface area contributed by atoms with Crippen LogP contribution in [0, 0.1) is 24.0 Å². The van der Waals surface area contributed by atoms with Gasteiger partial charge in [0.15, 0.2) is 22.5 Å². The molecular weight excluding hydrogens is 632 g/mol. The number of hydrogen-bond donors (Lipinski definition) is 2. The van der Waals surface area contributed by atoms with Gasteiger partial charge in [0, 0.05) is 37.3 Å². The van der Waals surface area contributed by atoms with E-state index in [9.17, 15) is 28.3 Å². The number of nitrogens with zero attached hydrogens (tertiary/aromatic N) is 5. The number of carbonyl (C=O) groups excluding carboxylic acids is 2. The number of carboxylic acids is 1. The molecule has 1 amide bonds. The largest absolute Gasteiger partial charge is 0.481 e. The molecule has 16 heteroatoms.